The van der Waals surface area contributed by atoms with Crippen molar-refractivity contribution >= 4 is 0 Å². The van der Waals surface area contributed by atoms with Crippen molar-refractivity contribution in [2.45, 2.75) is 33.2 Å². The highest BCUT2D eigenvalue weighted by Gasteiger charge is 2.04. The summed E-state index contributed by atoms with van der Waals surface area (Å²) >= 11 is 0. The van der Waals surface area contributed by atoms with Crippen LogP contribution < -0.4 is 5.73 Å². The lowest BCUT2D eigenvalue weighted by atomic mass is 10.1. The lowest BCUT2D eigenvalue weighted by Gasteiger charge is -2.21. The first-order valence-corrected chi connectivity index (χ1v) is 6.24. The van der Waals surface area contributed by atoms with Crippen molar-refractivity contribution in [1.82, 2.24) is 4.90 Å². The van der Waals surface area contributed by atoms with Crippen LogP contribution in [0.5, 0.6) is 0 Å². The Labute approximate surface area is 99.5 Å². The van der Waals surface area contributed by atoms with Gasteiger partial charge in [-0.15, -0.1) is 0 Å². The first-order chi connectivity index (χ1) is 7.76. The van der Waals surface area contributed by atoms with Crippen LogP contribution in [0, 0.1) is 6.92 Å². The molecule has 0 aliphatic carbocycles. The molecule has 2 heteroatoms. The third kappa shape index (κ3) is 4.77. The number of nitrogens with two attached hydrogens (primary N) is 1. The van der Waals surface area contributed by atoms with Crippen LogP contribution >= 0.6 is 0 Å². The lowest BCUT2D eigenvalue weighted by Crippen LogP contribution is -2.26. The summed E-state index contributed by atoms with van der Waals surface area (Å²) in [5.41, 5.74) is 8.31. The largest absolute Gasteiger partial charge is 0.330 e. The second kappa shape index (κ2) is 7.42. The van der Waals surface area contributed by atoms with Gasteiger partial charge in [-0.2, -0.15) is 0 Å². The fourth-order valence-corrected chi connectivity index (χ4v) is 1.97. The van der Waals surface area contributed by atoms with Crippen LogP contribution in [-0.2, 0) is 6.54 Å². The average molecular weight is 220 g/mol. The summed E-state index contributed by atoms with van der Waals surface area (Å²) in [6.07, 6.45) is 2.29. The Balaban J connectivity index is 2.52. The van der Waals surface area contributed by atoms with Gasteiger partial charge in [0.25, 0.3) is 0 Å². The Hall–Kier alpha value is -0.860. The predicted molar refractivity (Wildman–Crippen MR) is 70.4 cm³/mol. The molecule has 0 aromatic heterocycles. The fourth-order valence-electron chi connectivity index (χ4n) is 1.97. The van der Waals surface area contributed by atoms with E-state index in [1.54, 1.807) is 0 Å². The molecule has 0 fully saturated rings. The minimum Gasteiger partial charge on any atom is -0.330 e. The SMILES string of the molecule is CCCN(CCCN)Cc1cccc(C)c1. The highest BCUT2D eigenvalue weighted by atomic mass is 15.1. The van der Waals surface area contributed by atoms with Gasteiger partial charge in [-0.25, -0.2) is 0 Å². The number of hydrogen-bond acceptors (Lipinski definition) is 2. The lowest BCUT2D eigenvalue weighted by molar-refractivity contribution is 0.264. The smallest absolute Gasteiger partial charge is 0.0233 e. The number of nitrogens with zero attached hydrogens (tertiary/aromatic N) is 1. The third-order valence-electron chi connectivity index (χ3n) is 2.71. The number of hydrogen-bond donors (Lipinski definition) is 1. The molecule has 0 spiro atoms. The van der Waals surface area contributed by atoms with Crippen molar-refractivity contribution in [3.05, 3.63) is 35.4 Å². The Bertz CT molecular complexity index is 297. The zero-order chi connectivity index (χ0) is 11.8. The van der Waals surface area contributed by atoms with Gasteiger partial charge in [0, 0.05) is 6.54 Å². The van der Waals surface area contributed by atoms with Gasteiger partial charge in [0.1, 0.15) is 0 Å². The molecule has 0 bridgehead atoms. The molecule has 0 amide bonds. The molecular formula is C14H24N2. The Kier molecular flexibility index (Phi) is 6.12. The van der Waals surface area contributed by atoms with E-state index in [0.717, 1.165) is 32.6 Å². The van der Waals surface area contributed by atoms with Crippen molar-refractivity contribution in [2.24, 2.45) is 5.73 Å². The van der Waals surface area contributed by atoms with E-state index in [-0.39, 0.29) is 0 Å². The molecule has 0 heterocycles. The summed E-state index contributed by atoms with van der Waals surface area (Å²) in [6.45, 7) is 8.48. The molecule has 0 aliphatic heterocycles. The van der Waals surface area contributed by atoms with Gasteiger partial charge in [-0.1, -0.05) is 36.8 Å². The summed E-state index contributed by atoms with van der Waals surface area (Å²) < 4.78 is 0. The molecule has 90 valence electrons. The van der Waals surface area contributed by atoms with E-state index in [9.17, 15) is 0 Å². The van der Waals surface area contributed by atoms with Gasteiger partial charge in [0.15, 0.2) is 0 Å². The molecule has 0 atom stereocenters. The van der Waals surface area contributed by atoms with Crippen molar-refractivity contribution in [3.8, 4) is 0 Å². The first kappa shape index (κ1) is 13.2. The number of aryl methyl sites for hydroxylation is 1. The molecule has 1 aromatic rings. The third-order valence-corrected chi connectivity index (χ3v) is 2.71. The van der Waals surface area contributed by atoms with E-state index >= 15 is 0 Å². The van der Waals surface area contributed by atoms with Crippen LogP contribution in [0.2, 0.25) is 0 Å². The maximum atomic E-state index is 5.56. The molecule has 0 saturated heterocycles. The Morgan fingerprint density at radius 2 is 2.06 bits per heavy atom. The number of rotatable bonds is 7. The minimum atomic E-state index is 0.786. The van der Waals surface area contributed by atoms with Crippen LogP contribution in [0.3, 0.4) is 0 Å². The quantitative estimate of drug-likeness (QED) is 0.765. The Morgan fingerprint density at radius 1 is 1.25 bits per heavy atom. The van der Waals surface area contributed by atoms with E-state index in [4.69, 9.17) is 5.73 Å². The average Bonchev–Trinajstić information content (AvgIpc) is 2.26. The van der Waals surface area contributed by atoms with E-state index < -0.39 is 0 Å². The van der Waals surface area contributed by atoms with E-state index in [0.29, 0.717) is 0 Å². The van der Waals surface area contributed by atoms with Crippen LogP contribution in [0.4, 0.5) is 0 Å². The standard InChI is InChI=1S/C14H24N2/c1-3-9-16(10-5-8-15)12-14-7-4-6-13(2)11-14/h4,6-7,11H,3,5,8-10,12,15H2,1-2H3. The highest BCUT2D eigenvalue weighted by Crippen LogP contribution is 2.08. The fraction of sp³-hybridized carbons (Fsp3) is 0.571. The van der Waals surface area contributed by atoms with Gasteiger partial charge in [0.2, 0.25) is 0 Å². The molecule has 0 aliphatic rings. The molecule has 0 unspecified atom stereocenters. The van der Waals surface area contributed by atoms with Crippen LogP contribution in [0.1, 0.15) is 30.9 Å². The molecule has 2 N–H and O–H groups in total. The highest BCUT2D eigenvalue weighted by molar-refractivity contribution is 5.22. The van der Waals surface area contributed by atoms with Crippen LogP contribution in [0.25, 0.3) is 0 Å². The molecular weight excluding hydrogens is 196 g/mol. The molecule has 1 rings (SSSR count). The molecule has 2 nitrogen and oxygen atoms in total. The maximum absolute atomic E-state index is 5.56. The summed E-state index contributed by atoms with van der Waals surface area (Å²) in [6, 6.07) is 8.76. The van der Waals surface area contributed by atoms with Crippen molar-refractivity contribution in [1.29, 1.82) is 0 Å². The minimum absolute atomic E-state index is 0.786. The van der Waals surface area contributed by atoms with E-state index in [2.05, 4.69) is 43.0 Å². The molecule has 16 heavy (non-hydrogen) atoms. The van der Waals surface area contributed by atoms with Crippen molar-refractivity contribution in [3.63, 3.8) is 0 Å². The van der Waals surface area contributed by atoms with Gasteiger partial charge >= 0.3 is 0 Å². The van der Waals surface area contributed by atoms with Crippen molar-refractivity contribution in [2.75, 3.05) is 19.6 Å². The van der Waals surface area contributed by atoms with Crippen LogP contribution in [-0.4, -0.2) is 24.5 Å². The van der Waals surface area contributed by atoms with Gasteiger partial charge in [0.05, 0.1) is 0 Å². The van der Waals surface area contributed by atoms with E-state index in [1.807, 2.05) is 0 Å². The second-order valence-electron chi connectivity index (χ2n) is 4.41. The summed E-state index contributed by atoms with van der Waals surface area (Å²) in [5.74, 6) is 0. The summed E-state index contributed by atoms with van der Waals surface area (Å²) in [5, 5.41) is 0. The topological polar surface area (TPSA) is 29.3 Å². The molecule has 0 saturated carbocycles. The van der Waals surface area contributed by atoms with Crippen molar-refractivity contribution < 1.29 is 0 Å². The molecule has 1 aromatic carbocycles. The van der Waals surface area contributed by atoms with E-state index in [1.165, 1.54) is 17.5 Å². The zero-order valence-electron chi connectivity index (χ0n) is 10.6. The molecule has 0 radical (unpaired) electrons. The predicted octanol–water partition coefficient (Wildman–Crippen LogP) is 2.56. The maximum Gasteiger partial charge on any atom is 0.0233 e. The number of benzene rings is 1. The van der Waals surface area contributed by atoms with Gasteiger partial charge in [-0.3, -0.25) is 4.90 Å². The Morgan fingerprint density at radius 3 is 2.69 bits per heavy atom. The second-order valence-corrected chi connectivity index (χ2v) is 4.41. The summed E-state index contributed by atoms with van der Waals surface area (Å²) in [4.78, 5) is 2.49. The zero-order valence-corrected chi connectivity index (χ0v) is 10.6. The monoisotopic (exact) mass is 220 g/mol. The normalized spacial score (nSPS) is 11.0. The van der Waals surface area contributed by atoms with Gasteiger partial charge < -0.3 is 5.73 Å². The first-order valence-electron chi connectivity index (χ1n) is 6.24. The summed E-state index contributed by atoms with van der Waals surface area (Å²) in [7, 11) is 0. The van der Waals surface area contributed by atoms with Gasteiger partial charge in [-0.05, 0) is 45.0 Å². The van der Waals surface area contributed by atoms with Crippen LogP contribution in [0.15, 0.2) is 24.3 Å².